The number of H-pyrrole nitrogens is 2. The van der Waals surface area contributed by atoms with Gasteiger partial charge in [-0.2, -0.15) is 20.5 Å². The van der Waals surface area contributed by atoms with E-state index >= 15 is 0 Å². The Morgan fingerprint density at radius 3 is 2.67 bits per heavy atom. The molecule has 0 bridgehead atoms. The van der Waals surface area contributed by atoms with Crippen molar-refractivity contribution in [1.29, 1.82) is 0 Å². The van der Waals surface area contributed by atoms with Gasteiger partial charge in [0.05, 0.1) is 5.56 Å². The standard InChI is InChI=1S/C13H13FN6O/c1-3-9-6(2)12(19-16-9)15-13(21)7-4-10-11(5-8(7)14)18-20-17-10/h4-5H,3H2,1-2H3,(H,17,18,20)(H2,15,16,19,21). The molecule has 7 nitrogen and oxygen atoms in total. The molecule has 2 heterocycles. The first kappa shape index (κ1) is 13.2. The lowest BCUT2D eigenvalue weighted by molar-refractivity contribution is 0.102. The average molecular weight is 288 g/mol. The Balaban J connectivity index is 1.92. The molecule has 0 aliphatic rings. The van der Waals surface area contributed by atoms with Gasteiger partial charge in [0.2, 0.25) is 0 Å². The van der Waals surface area contributed by atoms with E-state index in [1.807, 2.05) is 13.8 Å². The van der Waals surface area contributed by atoms with E-state index in [9.17, 15) is 9.18 Å². The molecule has 0 unspecified atom stereocenters. The van der Waals surface area contributed by atoms with Gasteiger partial charge in [-0.1, -0.05) is 6.92 Å². The lowest BCUT2D eigenvalue weighted by Crippen LogP contribution is -2.14. The molecule has 21 heavy (non-hydrogen) atoms. The quantitative estimate of drug-likeness (QED) is 0.685. The second-order valence-corrected chi connectivity index (χ2v) is 4.63. The van der Waals surface area contributed by atoms with Gasteiger partial charge in [-0.25, -0.2) is 4.39 Å². The van der Waals surface area contributed by atoms with Crippen LogP contribution >= 0.6 is 0 Å². The highest BCUT2D eigenvalue weighted by atomic mass is 19.1. The summed E-state index contributed by atoms with van der Waals surface area (Å²) in [6, 6.07) is 2.52. The number of hydrogen-bond acceptors (Lipinski definition) is 4. The van der Waals surface area contributed by atoms with Crippen molar-refractivity contribution in [3.05, 3.63) is 34.8 Å². The van der Waals surface area contributed by atoms with Crippen molar-refractivity contribution in [2.45, 2.75) is 20.3 Å². The number of benzene rings is 1. The molecule has 0 fully saturated rings. The zero-order valence-corrected chi connectivity index (χ0v) is 11.5. The van der Waals surface area contributed by atoms with Crippen LogP contribution in [0.3, 0.4) is 0 Å². The first-order valence-corrected chi connectivity index (χ1v) is 6.45. The molecule has 0 saturated carbocycles. The van der Waals surface area contributed by atoms with E-state index in [1.165, 1.54) is 12.1 Å². The summed E-state index contributed by atoms with van der Waals surface area (Å²) in [7, 11) is 0. The number of rotatable bonds is 3. The predicted molar refractivity (Wildman–Crippen MR) is 74.5 cm³/mol. The number of aryl methyl sites for hydroxylation is 1. The second-order valence-electron chi connectivity index (χ2n) is 4.63. The van der Waals surface area contributed by atoms with Gasteiger partial charge in [0.25, 0.3) is 5.91 Å². The van der Waals surface area contributed by atoms with E-state index in [2.05, 4.69) is 30.9 Å². The summed E-state index contributed by atoms with van der Waals surface area (Å²) in [6.45, 7) is 3.82. The molecule has 0 aliphatic carbocycles. The SMILES string of the molecule is CCc1[nH]nc(NC(=O)c2cc3n[nH]nc3cc2F)c1C. The predicted octanol–water partition coefficient (Wildman–Crippen LogP) is 1.94. The van der Waals surface area contributed by atoms with Crippen molar-refractivity contribution in [1.82, 2.24) is 25.6 Å². The van der Waals surface area contributed by atoms with Gasteiger partial charge < -0.3 is 5.32 Å². The summed E-state index contributed by atoms with van der Waals surface area (Å²) in [5, 5.41) is 19.4. The summed E-state index contributed by atoms with van der Waals surface area (Å²) >= 11 is 0. The summed E-state index contributed by atoms with van der Waals surface area (Å²) in [4.78, 5) is 12.2. The molecule has 2 aromatic heterocycles. The number of aromatic amines is 2. The molecule has 0 spiro atoms. The van der Waals surface area contributed by atoms with Crippen molar-refractivity contribution in [3.8, 4) is 0 Å². The number of fused-ring (bicyclic) bond motifs is 1. The second kappa shape index (κ2) is 4.97. The van der Waals surface area contributed by atoms with Gasteiger partial charge in [-0.15, -0.1) is 0 Å². The number of amides is 1. The summed E-state index contributed by atoms with van der Waals surface area (Å²) in [5.74, 6) is -0.830. The van der Waals surface area contributed by atoms with Crippen molar-refractivity contribution in [2.75, 3.05) is 5.32 Å². The highest BCUT2D eigenvalue weighted by Crippen LogP contribution is 2.19. The fraction of sp³-hybridized carbons (Fsp3) is 0.231. The van der Waals surface area contributed by atoms with Crippen molar-refractivity contribution in [2.24, 2.45) is 0 Å². The molecule has 3 rings (SSSR count). The van der Waals surface area contributed by atoms with Crippen LogP contribution in [-0.4, -0.2) is 31.5 Å². The van der Waals surface area contributed by atoms with E-state index in [4.69, 9.17) is 0 Å². The Kier molecular flexibility index (Phi) is 3.13. The third-order valence-corrected chi connectivity index (χ3v) is 3.35. The molecule has 0 radical (unpaired) electrons. The zero-order valence-electron chi connectivity index (χ0n) is 11.5. The van der Waals surface area contributed by atoms with Crippen molar-refractivity contribution < 1.29 is 9.18 Å². The van der Waals surface area contributed by atoms with Crippen molar-refractivity contribution in [3.63, 3.8) is 0 Å². The first-order chi connectivity index (χ1) is 10.1. The largest absolute Gasteiger partial charge is 0.305 e. The Labute approximate surface area is 118 Å². The molecule has 3 N–H and O–H groups in total. The van der Waals surface area contributed by atoms with E-state index in [0.29, 0.717) is 16.9 Å². The zero-order chi connectivity index (χ0) is 15.0. The van der Waals surface area contributed by atoms with Gasteiger partial charge in [-0.05, 0) is 19.4 Å². The van der Waals surface area contributed by atoms with Gasteiger partial charge >= 0.3 is 0 Å². The Morgan fingerprint density at radius 1 is 1.29 bits per heavy atom. The molecule has 0 atom stereocenters. The molecule has 108 valence electrons. The fourth-order valence-electron chi connectivity index (χ4n) is 2.11. The van der Waals surface area contributed by atoms with E-state index < -0.39 is 11.7 Å². The van der Waals surface area contributed by atoms with Gasteiger partial charge in [0.15, 0.2) is 5.82 Å². The van der Waals surface area contributed by atoms with E-state index in [-0.39, 0.29) is 5.56 Å². The van der Waals surface area contributed by atoms with Crippen molar-refractivity contribution >= 4 is 22.8 Å². The Bertz CT molecular complexity index is 821. The Morgan fingerprint density at radius 2 is 2.00 bits per heavy atom. The molecule has 8 heteroatoms. The highest BCUT2D eigenvalue weighted by molar-refractivity contribution is 6.06. The van der Waals surface area contributed by atoms with E-state index in [1.54, 1.807) is 0 Å². The number of hydrogen-bond donors (Lipinski definition) is 3. The molecule has 0 saturated heterocycles. The Hall–Kier alpha value is -2.77. The van der Waals surface area contributed by atoms with Gasteiger partial charge in [0, 0.05) is 17.3 Å². The number of aromatic nitrogens is 5. The van der Waals surface area contributed by atoms with Crippen LogP contribution in [0.4, 0.5) is 10.2 Å². The third-order valence-electron chi connectivity index (χ3n) is 3.35. The molecular weight excluding hydrogens is 275 g/mol. The lowest BCUT2D eigenvalue weighted by Gasteiger charge is -2.04. The fourth-order valence-corrected chi connectivity index (χ4v) is 2.11. The maximum Gasteiger partial charge on any atom is 0.259 e. The van der Waals surface area contributed by atoms with Crippen LogP contribution in [0.5, 0.6) is 0 Å². The van der Waals surface area contributed by atoms with E-state index in [0.717, 1.165) is 17.7 Å². The molecule has 1 aromatic carbocycles. The van der Waals surface area contributed by atoms with Crippen LogP contribution in [0, 0.1) is 12.7 Å². The smallest absolute Gasteiger partial charge is 0.259 e. The topological polar surface area (TPSA) is 99.4 Å². The molecular formula is C13H13FN6O. The van der Waals surface area contributed by atoms with Crippen LogP contribution in [0.1, 0.15) is 28.5 Å². The number of anilines is 1. The minimum absolute atomic E-state index is 0.100. The van der Waals surface area contributed by atoms with Crippen LogP contribution in [0.25, 0.3) is 11.0 Å². The summed E-state index contributed by atoms with van der Waals surface area (Å²) in [6.07, 6.45) is 0.772. The number of nitrogens with zero attached hydrogens (tertiary/aromatic N) is 3. The summed E-state index contributed by atoms with van der Waals surface area (Å²) in [5.41, 5.74) is 2.46. The number of carbonyl (C=O) groups excluding carboxylic acids is 1. The molecule has 0 aliphatic heterocycles. The molecule has 3 aromatic rings. The number of carbonyl (C=O) groups is 1. The lowest BCUT2D eigenvalue weighted by atomic mass is 10.1. The summed E-state index contributed by atoms with van der Waals surface area (Å²) < 4.78 is 14.0. The monoisotopic (exact) mass is 288 g/mol. The third kappa shape index (κ3) is 2.24. The number of nitrogens with one attached hydrogen (secondary N) is 3. The minimum Gasteiger partial charge on any atom is -0.305 e. The highest BCUT2D eigenvalue weighted by Gasteiger charge is 2.17. The van der Waals surface area contributed by atoms with Crippen LogP contribution in [0.2, 0.25) is 0 Å². The number of halogens is 1. The maximum absolute atomic E-state index is 14.0. The first-order valence-electron chi connectivity index (χ1n) is 6.45. The normalized spacial score (nSPS) is 11.0. The average Bonchev–Trinajstić information content (AvgIpc) is 3.05. The van der Waals surface area contributed by atoms with Gasteiger partial charge in [0.1, 0.15) is 16.9 Å². The van der Waals surface area contributed by atoms with Crippen LogP contribution in [0.15, 0.2) is 12.1 Å². The van der Waals surface area contributed by atoms with Crippen LogP contribution < -0.4 is 5.32 Å². The van der Waals surface area contributed by atoms with Crippen LogP contribution in [-0.2, 0) is 6.42 Å². The minimum atomic E-state index is -0.655. The maximum atomic E-state index is 14.0. The molecule has 1 amide bonds. The van der Waals surface area contributed by atoms with Gasteiger partial charge in [-0.3, -0.25) is 9.89 Å².